The van der Waals surface area contributed by atoms with Crippen molar-refractivity contribution in [1.82, 2.24) is 0 Å². The lowest BCUT2D eigenvalue weighted by atomic mass is 10.0. The Morgan fingerprint density at radius 2 is 2.14 bits per heavy atom. The SMILES string of the molecule is BC(COC)OC. The van der Waals surface area contributed by atoms with E-state index in [4.69, 9.17) is 9.47 Å². The molecule has 0 aliphatic rings. The summed E-state index contributed by atoms with van der Waals surface area (Å²) >= 11 is 0. The standard InChI is InChI=1S/C4H11BO2/c1-6-3-4(5)7-2/h4H,3,5H2,1-2H3. The summed E-state index contributed by atoms with van der Waals surface area (Å²) in [6.07, 6.45) is 0. The van der Waals surface area contributed by atoms with Crippen molar-refractivity contribution in [1.29, 1.82) is 0 Å². The summed E-state index contributed by atoms with van der Waals surface area (Å²) in [6.45, 7) is 0.677. The summed E-state index contributed by atoms with van der Waals surface area (Å²) < 4.78 is 9.64. The van der Waals surface area contributed by atoms with Crippen molar-refractivity contribution in [2.24, 2.45) is 0 Å². The molecule has 0 radical (unpaired) electrons. The Balaban J connectivity index is 2.83. The topological polar surface area (TPSA) is 18.5 Å². The van der Waals surface area contributed by atoms with Crippen LogP contribution >= 0.6 is 0 Å². The molecule has 0 heterocycles. The summed E-state index contributed by atoms with van der Waals surface area (Å²) in [5.74, 6) is 0. The normalized spacial score (nSPS) is 14.0. The Hall–Kier alpha value is -0.0151. The average molecular weight is 102 g/mol. The van der Waals surface area contributed by atoms with Crippen molar-refractivity contribution in [3.8, 4) is 0 Å². The quantitative estimate of drug-likeness (QED) is 0.436. The number of ether oxygens (including phenoxy) is 2. The molecule has 0 fully saturated rings. The van der Waals surface area contributed by atoms with E-state index in [2.05, 4.69) is 0 Å². The van der Waals surface area contributed by atoms with E-state index in [-0.39, 0.29) is 6.00 Å². The van der Waals surface area contributed by atoms with Crippen molar-refractivity contribution in [2.45, 2.75) is 6.00 Å². The zero-order valence-corrected chi connectivity index (χ0v) is 5.10. The lowest BCUT2D eigenvalue weighted by Crippen LogP contribution is -2.16. The van der Waals surface area contributed by atoms with E-state index >= 15 is 0 Å². The van der Waals surface area contributed by atoms with E-state index in [1.807, 2.05) is 7.85 Å². The number of hydrogen-bond donors (Lipinski definition) is 0. The first kappa shape index (κ1) is 6.98. The molecule has 2 nitrogen and oxygen atoms in total. The van der Waals surface area contributed by atoms with Crippen LogP contribution in [0.2, 0.25) is 0 Å². The molecule has 0 bridgehead atoms. The van der Waals surface area contributed by atoms with Gasteiger partial charge in [-0.25, -0.2) is 0 Å². The minimum Gasteiger partial charge on any atom is -0.388 e. The lowest BCUT2D eigenvalue weighted by molar-refractivity contribution is 0.0764. The van der Waals surface area contributed by atoms with E-state index in [1.165, 1.54) is 0 Å². The minimum absolute atomic E-state index is 0.227. The Morgan fingerprint density at radius 1 is 1.57 bits per heavy atom. The van der Waals surface area contributed by atoms with Gasteiger partial charge in [-0.2, -0.15) is 0 Å². The maximum absolute atomic E-state index is 4.87. The Morgan fingerprint density at radius 3 is 2.29 bits per heavy atom. The highest BCUT2D eigenvalue weighted by atomic mass is 16.5. The van der Waals surface area contributed by atoms with Gasteiger partial charge in [0.2, 0.25) is 0 Å². The first-order valence-corrected chi connectivity index (χ1v) is 2.33. The molecule has 0 N–H and O–H groups in total. The fourth-order valence-electron chi connectivity index (χ4n) is 0.303. The zero-order chi connectivity index (χ0) is 5.70. The Kier molecular flexibility index (Phi) is 4.14. The maximum atomic E-state index is 4.87. The van der Waals surface area contributed by atoms with Crippen molar-refractivity contribution in [3.05, 3.63) is 0 Å². The largest absolute Gasteiger partial charge is 0.388 e. The lowest BCUT2D eigenvalue weighted by Gasteiger charge is -2.05. The van der Waals surface area contributed by atoms with Crippen LogP contribution in [-0.4, -0.2) is 34.7 Å². The molecule has 42 valence electrons. The van der Waals surface area contributed by atoms with E-state index in [9.17, 15) is 0 Å². The number of methoxy groups -OCH3 is 2. The zero-order valence-electron chi connectivity index (χ0n) is 5.10. The molecule has 0 aromatic heterocycles. The number of hydrogen-bond acceptors (Lipinski definition) is 2. The van der Waals surface area contributed by atoms with Gasteiger partial charge in [0.25, 0.3) is 0 Å². The van der Waals surface area contributed by atoms with Gasteiger partial charge in [0.1, 0.15) is 7.85 Å². The van der Waals surface area contributed by atoms with E-state index in [1.54, 1.807) is 14.2 Å². The molecule has 1 unspecified atom stereocenters. The molecule has 0 amide bonds. The van der Waals surface area contributed by atoms with E-state index in [0.717, 1.165) is 0 Å². The fraction of sp³-hybridized carbons (Fsp3) is 1.00. The third kappa shape index (κ3) is 3.82. The minimum atomic E-state index is 0.227. The molecule has 0 spiro atoms. The van der Waals surface area contributed by atoms with Gasteiger partial charge < -0.3 is 9.47 Å². The molecule has 0 aromatic rings. The summed E-state index contributed by atoms with van der Waals surface area (Å²) in [4.78, 5) is 0. The van der Waals surface area contributed by atoms with Crippen LogP contribution < -0.4 is 0 Å². The highest BCUT2D eigenvalue weighted by molar-refractivity contribution is 6.11. The van der Waals surface area contributed by atoms with E-state index in [0.29, 0.717) is 6.61 Å². The van der Waals surface area contributed by atoms with Gasteiger partial charge in [-0.1, -0.05) is 0 Å². The molecular formula is C4H11BO2. The highest BCUT2D eigenvalue weighted by Crippen LogP contribution is 1.79. The van der Waals surface area contributed by atoms with Crippen LogP contribution in [0.3, 0.4) is 0 Å². The number of rotatable bonds is 3. The smallest absolute Gasteiger partial charge is 0.142 e. The van der Waals surface area contributed by atoms with E-state index < -0.39 is 0 Å². The molecule has 0 saturated carbocycles. The van der Waals surface area contributed by atoms with Crippen LogP contribution in [0, 0.1) is 0 Å². The molecule has 7 heavy (non-hydrogen) atoms. The Labute approximate surface area is 45.2 Å². The average Bonchev–Trinajstić information content (AvgIpc) is 1.68. The summed E-state index contributed by atoms with van der Waals surface area (Å²) in [6, 6.07) is 0.227. The van der Waals surface area contributed by atoms with Crippen molar-refractivity contribution in [3.63, 3.8) is 0 Å². The van der Waals surface area contributed by atoms with Crippen molar-refractivity contribution < 1.29 is 9.47 Å². The van der Waals surface area contributed by atoms with Crippen LogP contribution in [0.25, 0.3) is 0 Å². The third-order valence-corrected chi connectivity index (χ3v) is 0.804. The molecular weight excluding hydrogens is 90.9 g/mol. The van der Waals surface area contributed by atoms with Crippen molar-refractivity contribution in [2.75, 3.05) is 20.8 Å². The van der Waals surface area contributed by atoms with Gasteiger partial charge in [0, 0.05) is 20.2 Å². The molecule has 3 heteroatoms. The first-order valence-electron chi connectivity index (χ1n) is 2.33. The molecule has 0 saturated heterocycles. The monoisotopic (exact) mass is 102 g/mol. The van der Waals surface area contributed by atoms with Crippen LogP contribution in [0.1, 0.15) is 0 Å². The van der Waals surface area contributed by atoms with Crippen LogP contribution in [0.15, 0.2) is 0 Å². The third-order valence-electron chi connectivity index (χ3n) is 0.804. The van der Waals surface area contributed by atoms with Gasteiger partial charge in [-0.05, 0) is 0 Å². The second-order valence-corrected chi connectivity index (χ2v) is 1.50. The highest BCUT2D eigenvalue weighted by Gasteiger charge is 1.93. The molecule has 0 aliphatic carbocycles. The molecule has 1 atom stereocenters. The van der Waals surface area contributed by atoms with Crippen LogP contribution in [0.4, 0.5) is 0 Å². The second kappa shape index (κ2) is 4.15. The van der Waals surface area contributed by atoms with Crippen LogP contribution in [0.5, 0.6) is 0 Å². The fourth-order valence-corrected chi connectivity index (χ4v) is 0.303. The van der Waals surface area contributed by atoms with Gasteiger partial charge in [-0.3, -0.25) is 0 Å². The second-order valence-electron chi connectivity index (χ2n) is 1.50. The Bertz CT molecular complexity index is 40.7. The summed E-state index contributed by atoms with van der Waals surface area (Å²) in [7, 11) is 5.29. The molecule has 0 aliphatic heterocycles. The summed E-state index contributed by atoms with van der Waals surface area (Å²) in [5, 5.41) is 0. The maximum Gasteiger partial charge on any atom is 0.142 e. The van der Waals surface area contributed by atoms with Crippen molar-refractivity contribution >= 4 is 7.85 Å². The predicted octanol–water partition coefficient (Wildman–Crippen LogP) is -0.762. The van der Waals surface area contributed by atoms with Gasteiger partial charge >= 0.3 is 0 Å². The van der Waals surface area contributed by atoms with Crippen LogP contribution in [-0.2, 0) is 9.47 Å². The first-order chi connectivity index (χ1) is 3.31. The van der Waals surface area contributed by atoms with Gasteiger partial charge in [0.05, 0.1) is 6.61 Å². The predicted molar refractivity (Wildman–Crippen MR) is 31.2 cm³/mol. The summed E-state index contributed by atoms with van der Waals surface area (Å²) in [5.41, 5.74) is 0. The molecule has 0 aromatic carbocycles. The van der Waals surface area contributed by atoms with Gasteiger partial charge in [-0.15, -0.1) is 0 Å². The molecule has 0 rings (SSSR count). The van der Waals surface area contributed by atoms with Gasteiger partial charge in [0.15, 0.2) is 0 Å².